The van der Waals surface area contributed by atoms with Gasteiger partial charge in [0.05, 0.1) is 5.69 Å². The highest BCUT2D eigenvalue weighted by Crippen LogP contribution is 2.33. The molecule has 11 heteroatoms. The van der Waals surface area contributed by atoms with E-state index in [1.54, 1.807) is 12.1 Å². The van der Waals surface area contributed by atoms with Crippen molar-refractivity contribution >= 4 is 23.5 Å². The van der Waals surface area contributed by atoms with Gasteiger partial charge in [-0.3, -0.25) is 19.5 Å². The number of ether oxygens (including phenoxy) is 1. The molecule has 5 rings (SSSR count). The van der Waals surface area contributed by atoms with Crippen LogP contribution >= 0.6 is 0 Å². The molecule has 1 fully saturated rings. The highest BCUT2D eigenvalue weighted by Gasteiger charge is 2.41. The second kappa shape index (κ2) is 9.45. The number of hydrogen-bond acceptors (Lipinski definition) is 5. The second-order valence-electron chi connectivity index (χ2n) is 7.65. The van der Waals surface area contributed by atoms with Gasteiger partial charge in [-0.1, -0.05) is 18.2 Å². The van der Waals surface area contributed by atoms with Crippen LogP contribution in [0.2, 0.25) is 0 Å². The van der Waals surface area contributed by atoms with Crippen LogP contribution in [-0.2, 0) is 9.59 Å². The minimum atomic E-state index is -4.85. The van der Waals surface area contributed by atoms with Gasteiger partial charge < -0.3 is 10.1 Å². The van der Waals surface area contributed by atoms with Gasteiger partial charge in [-0.25, -0.2) is 9.69 Å². The second-order valence-corrected chi connectivity index (χ2v) is 7.65. The Balaban J connectivity index is 0.000000411. The standard InChI is InChI=1S/C18H15F3N4O4.C6H4/c1-11(26)23-16(12-6-8-22-9-7-12)24-10-15(27)25(17(24)28)13-2-4-14(5-3-13)29-18(19,20)21;1-2-5-4-6(5)3-1/h2-9,16H,10H2,1H3,(H,23,26);1-4H. The zero-order valence-electron chi connectivity index (χ0n) is 18.3. The number of amides is 4. The quantitative estimate of drug-likeness (QED) is 0.428. The van der Waals surface area contributed by atoms with E-state index in [1.165, 1.54) is 42.6 Å². The normalized spacial score (nSPS) is 14.7. The molecule has 2 aliphatic carbocycles. The summed E-state index contributed by atoms with van der Waals surface area (Å²) in [6.45, 7) is 0.945. The van der Waals surface area contributed by atoms with Crippen LogP contribution in [0.3, 0.4) is 0 Å². The molecule has 4 amide bonds. The maximum absolute atomic E-state index is 12.9. The molecule has 35 heavy (non-hydrogen) atoms. The Bertz CT molecular complexity index is 1230. The van der Waals surface area contributed by atoms with E-state index in [0.29, 0.717) is 5.56 Å². The number of rotatable bonds is 5. The maximum atomic E-state index is 12.9. The van der Waals surface area contributed by atoms with Crippen LogP contribution in [0, 0.1) is 0 Å². The van der Waals surface area contributed by atoms with E-state index in [0.717, 1.165) is 21.9 Å². The Morgan fingerprint density at radius 2 is 1.66 bits per heavy atom. The van der Waals surface area contributed by atoms with Crippen LogP contribution in [0.15, 0.2) is 73.1 Å². The van der Waals surface area contributed by atoms with E-state index in [9.17, 15) is 27.6 Å². The van der Waals surface area contributed by atoms with Gasteiger partial charge in [-0.05, 0) is 59.2 Å². The SMILES string of the molecule is CC(=O)NC(c1ccncc1)N1CC(=O)N(c2ccc(OC(F)(F)F)cc2)C1=O.c1cc2cc-2c1. The highest BCUT2D eigenvalue weighted by atomic mass is 19.4. The molecule has 0 saturated carbocycles. The molecule has 180 valence electrons. The Morgan fingerprint density at radius 1 is 1.03 bits per heavy atom. The summed E-state index contributed by atoms with van der Waals surface area (Å²) in [5.41, 5.74) is 3.46. The van der Waals surface area contributed by atoms with Gasteiger partial charge in [0, 0.05) is 19.3 Å². The number of anilines is 1. The summed E-state index contributed by atoms with van der Waals surface area (Å²) < 4.78 is 40.6. The van der Waals surface area contributed by atoms with Crippen molar-refractivity contribution in [1.29, 1.82) is 0 Å². The molecular weight excluding hydrogens is 465 g/mol. The first-order valence-corrected chi connectivity index (χ1v) is 10.4. The van der Waals surface area contributed by atoms with E-state index in [2.05, 4.69) is 39.3 Å². The number of alkyl halides is 3. The first-order valence-electron chi connectivity index (χ1n) is 10.4. The van der Waals surface area contributed by atoms with E-state index in [-0.39, 0.29) is 12.2 Å². The van der Waals surface area contributed by atoms with Crippen LogP contribution in [0.25, 0.3) is 11.1 Å². The molecule has 0 spiro atoms. The fourth-order valence-electron chi connectivity index (χ4n) is 3.53. The molecule has 1 atom stereocenters. The molecule has 8 nitrogen and oxygen atoms in total. The number of hydrogen-bond donors (Lipinski definition) is 1. The number of pyridine rings is 1. The molecule has 1 aliphatic heterocycles. The van der Waals surface area contributed by atoms with Crippen LogP contribution < -0.4 is 15.0 Å². The van der Waals surface area contributed by atoms with Crippen molar-refractivity contribution in [3.8, 4) is 16.9 Å². The minimum Gasteiger partial charge on any atom is -0.406 e. The number of carbonyl (C=O) groups excluding carboxylic acids is 3. The number of fused-ring (bicyclic) bond motifs is 1. The summed E-state index contributed by atoms with van der Waals surface area (Å²) in [6.07, 6.45) is -2.81. The third kappa shape index (κ3) is 5.75. The molecule has 1 saturated heterocycles. The first-order chi connectivity index (χ1) is 16.6. The summed E-state index contributed by atoms with van der Waals surface area (Å²) >= 11 is 0. The third-order valence-electron chi connectivity index (χ3n) is 5.11. The lowest BCUT2D eigenvalue weighted by atomic mass is 10.2. The Kier molecular flexibility index (Phi) is 6.41. The van der Waals surface area contributed by atoms with Gasteiger partial charge in [-0.2, -0.15) is 0 Å². The topological polar surface area (TPSA) is 91.8 Å². The molecule has 0 radical (unpaired) electrons. The largest absolute Gasteiger partial charge is 0.573 e. The van der Waals surface area contributed by atoms with E-state index in [1.807, 2.05) is 0 Å². The molecule has 1 aromatic carbocycles. The van der Waals surface area contributed by atoms with Crippen LogP contribution in [0.1, 0.15) is 18.7 Å². The van der Waals surface area contributed by atoms with E-state index in [4.69, 9.17) is 0 Å². The zero-order valence-corrected chi connectivity index (χ0v) is 18.3. The lowest BCUT2D eigenvalue weighted by Crippen LogP contribution is -2.43. The van der Waals surface area contributed by atoms with Gasteiger partial charge in [0.2, 0.25) is 5.91 Å². The number of aromatic nitrogens is 1. The predicted molar refractivity (Wildman–Crippen MR) is 119 cm³/mol. The average Bonchev–Trinajstić information content (AvgIpc) is 3.28. The number of halogens is 3. The number of nitrogens with one attached hydrogen (secondary N) is 1. The summed E-state index contributed by atoms with van der Waals surface area (Å²) in [7, 11) is 0. The highest BCUT2D eigenvalue weighted by molar-refractivity contribution is 6.20. The summed E-state index contributed by atoms with van der Waals surface area (Å²) in [5, 5.41) is 2.61. The molecule has 3 aliphatic rings. The Hall–Kier alpha value is -4.41. The Morgan fingerprint density at radius 3 is 2.14 bits per heavy atom. The predicted octanol–water partition coefficient (Wildman–Crippen LogP) is 4.25. The number of urea groups is 1. The van der Waals surface area contributed by atoms with Gasteiger partial charge in [0.15, 0.2) is 0 Å². The zero-order chi connectivity index (χ0) is 25.2. The summed E-state index contributed by atoms with van der Waals surface area (Å²) in [4.78, 5) is 42.8. The lowest BCUT2D eigenvalue weighted by molar-refractivity contribution is -0.274. The molecule has 1 N–H and O–H groups in total. The van der Waals surface area contributed by atoms with Crippen molar-refractivity contribution < 1.29 is 32.3 Å². The van der Waals surface area contributed by atoms with Gasteiger partial charge in [0.25, 0.3) is 5.91 Å². The van der Waals surface area contributed by atoms with Crippen molar-refractivity contribution in [2.75, 3.05) is 11.4 Å². The van der Waals surface area contributed by atoms with Gasteiger partial charge in [-0.15, -0.1) is 13.2 Å². The van der Waals surface area contributed by atoms with E-state index < -0.39 is 36.1 Å². The molecule has 1 unspecified atom stereocenters. The van der Waals surface area contributed by atoms with Crippen molar-refractivity contribution in [2.24, 2.45) is 0 Å². The first kappa shape index (κ1) is 23.7. The minimum absolute atomic E-state index is 0.0772. The van der Waals surface area contributed by atoms with Crippen molar-refractivity contribution in [3.63, 3.8) is 0 Å². The third-order valence-corrected chi connectivity index (χ3v) is 5.11. The lowest BCUT2D eigenvalue weighted by Gasteiger charge is -2.27. The smallest absolute Gasteiger partial charge is 0.406 e. The summed E-state index contributed by atoms with van der Waals surface area (Å²) in [5.74, 6) is -1.49. The van der Waals surface area contributed by atoms with Crippen molar-refractivity contribution in [2.45, 2.75) is 19.5 Å². The van der Waals surface area contributed by atoms with Crippen LogP contribution in [0.4, 0.5) is 23.7 Å². The summed E-state index contributed by atoms with van der Waals surface area (Å²) in [6, 6.07) is 15.3. The number of imide groups is 1. The van der Waals surface area contributed by atoms with Crippen molar-refractivity contribution in [1.82, 2.24) is 15.2 Å². The molecule has 0 bridgehead atoms. The Labute approximate surface area is 197 Å². The fourth-order valence-corrected chi connectivity index (χ4v) is 3.53. The number of nitrogens with zero attached hydrogens (tertiary/aromatic N) is 3. The maximum Gasteiger partial charge on any atom is 0.573 e. The molecular formula is C24H19F3N4O4. The molecule has 2 heterocycles. The molecule has 1 aromatic heterocycles. The van der Waals surface area contributed by atoms with Crippen LogP contribution in [0.5, 0.6) is 5.75 Å². The van der Waals surface area contributed by atoms with Crippen molar-refractivity contribution in [3.05, 3.63) is 78.6 Å². The monoisotopic (exact) mass is 484 g/mol. The average molecular weight is 484 g/mol. The number of benzene rings is 2. The van der Waals surface area contributed by atoms with Crippen LogP contribution in [-0.4, -0.2) is 40.6 Å². The van der Waals surface area contributed by atoms with E-state index >= 15 is 0 Å². The molecule has 2 aromatic rings. The van der Waals surface area contributed by atoms with Gasteiger partial charge in [0.1, 0.15) is 18.5 Å². The fraction of sp³-hybridized carbons (Fsp3) is 0.167. The van der Waals surface area contributed by atoms with Gasteiger partial charge >= 0.3 is 12.4 Å². The number of carbonyl (C=O) groups is 3.